The second kappa shape index (κ2) is 4.65. The van der Waals surface area contributed by atoms with Crippen molar-refractivity contribution in [1.29, 1.82) is 0 Å². The third-order valence-corrected chi connectivity index (χ3v) is 2.88. The second-order valence-electron chi connectivity index (χ2n) is 4.38. The minimum atomic E-state index is -0.231. The Balaban J connectivity index is 2.05. The summed E-state index contributed by atoms with van der Waals surface area (Å²) in [6.45, 7) is 1.89. The molecular weight excluding hydrogens is 256 g/mol. The number of H-pyrrole nitrogens is 1. The van der Waals surface area contributed by atoms with Gasteiger partial charge in [0.15, 0.2) is 5.75 Å². The largest absolute Gasteiger partial charge is 0.453 e. The summed E-state index contributed by atoms with van der Waals surface area (Å²) < 4.78 is 5.67. The van der Waals surface area contributed by atoms with Crippen molar-refractivity contribution in [1.82, 2.24) is 15.0 Å². The van der Waals surface area contributed by atoms with Gasteiger partial charge in [0, 0.05) is 11.8 Å². The van der Waals surface area contributed by atoms with Gasteiger partial charge in [-0.05, 0) is 25.1 Å². The number of aromatic nitrogens is 3. The molecule has 0 amide bonds. The van der Waals surface area contributed by atoms with E-state index in [0.29, 0.717) is 28.1 Å². The van der Waals surface area contributed by atoms with E-state index in [2.05, 4.69) is 15.0 Å². The number of nitrogens with one attached hydrogen (secondary N) is 1. The average molecular weight is 268 g/mol. The molecule has 0 saturated carbocycles. The molecule has 3 aromatic rings. The number of anilines is 1. The molecule has 0 aliphatic heterocycles. The van der Waals surface area contributed by atoms with E-state index in [1.165, 1.54) is 6.33 Å². The Hall–Kier alpha value is -2.89. The van der Waals surface area contributed by atoms with E-state index in [1.807, 2.05) is 13.0 Å². The van der Waals surface area contributed by atoms with E-state index in [1.54, 1.807) is 24.4 Å². The Morgan fingerprint density at radius 1 is 1.25 bits per heavy atom. The number of aryl methyl sites for hydroxylation is 1. The van der Waals surface area contributed by atoms with Crippen molar-refractivity contribution in [2.45, 2.75) is 6.92 Å². The van der Waals surface area contributed by atoms with Crippen LogP contribution < -0.4 is 16.0 Å². The van der Waals surface area contributed by atoms with Crippen LogP contribution in [-0.2, 0) is 0 Å². The molecule has 0 radical (unpaired) electrons. The van der Waals surface area contributed by atoms with E-state index < -0.39 is 0 Å². The molecule has 6 heteroatoms. The summed E-state index contributed by atoms with van der Waals surface area (Å²) in [5, 5.41) is 0.430. The van der Waals surface area contributed by atoms with Crippen LogP contribution in [0.5, 0.6) is 11.5 Å². The summed E-state index contributed by atoms with van der Waals surface area (Å²) >= 11 is 0. The minimum absolute atomic E-state index is 0.231. The molecule has 0 aliphatic rings. The van der Waals surface area contributed by atoms with Crippen LogP contribution in [0.3, 0.4) is 0 Å². The normalized spacial score (nSPS) is 10.7. The fourth-order valence-electron chi connectivity index (χ4n) is 1.84. The highest BCUT2D eigenvalue weighted by atomic mass is 16.5. The topological polar surface area (TPSA) is 93.9 Å². The van der Waals surface area contributed by atoms with Gasteiger partial charge in [0.05, 0.1) is 29.1 Å². The zero-order valence-corrected chi connectivity index (χ0v) is 10.8. The highest BCUT2D eigenvalue weighted by Gasteiger charge is 2.08. The molecule has 0 saturated heterocycles. The first kappa shape index (κ1) is 12.2. The van der Waals surface area contributed by atoms with Crippen molar-refractivity contribution in [3.63, 3.8) is 0 Å². The maximum absolute atomic E-state index is 11.6. The molecule has 2 heterocycles. The van der Waals surface area contributed by atoms with Gasteiger partial charge in [0.2, 0.25) is 0 Å². The Morgan fingerprint density at radius 3 is 2.85 bits per heavy atom. The number of hydrogen-bond donors (Lipinski definition) is 2. The number of ether oxygens (including phenoxy) is 1. The summed E-state index contributed by atoms with van der Waals surface area (Å²) in [5.41, 5.74) is 7.47. The Bertz CT molecular complexity index is 825. The Morgan fingerprint density at radius 2 is 2.10 bits per heavy atom. The number of rotatable bonds is 2. The summed E-state index contributed by atoms with van der Waals surface area (Å²) in [5.74, 6) is 1.02. The second-order valence-corrected chi connectivity index (χ2v) is 4.38. The van der Waals surface area contributed by atoms with Crippen molar-refractivity contribution in [3.8, 4) is 11.5 Å². The van der Waals surface area contributed by atoms with Crippen LogP contribution in [0.2, 0.25) is 0 Å². The van der Waals surface area contributed by atoms with Crippen LogP contribution in [-0.4, -0.2) is 15.0 Å². The van der Waals surface area contributed by atoms with Gasteiger partial charge in [0.25, 0.3) is 5.56 Å². The summed E-state index contributed by atoms with van der Waals surface area (Å²) in [4.78, 5) is 22.4. The Labute approximate surface area is 114 Å². The van der Waals surface area contributed by atoms with Crippen molar-refractivity contribution in [2.24, 2.45) is 0 Å². The average Bonchev–Trinajstić information content (AvgIpc) is 2.43. The lowest BCUT2D eigenvalue weighted by Gasteiger charge is -2.09. The van der Waals surface area contributed by atoms with E-state index in [4.69, 9.17) is 10.5 Å². The first-order chi connectivity index (χ1) is 9.63. The van der Waals surface area contributed by atoms with Crippen molar-refractivity contribution >= 4 is 16.6 Å². The molecule has 0 atom stereocenters. The van der Waals surface area contributed by atoms with Gasteiger partial charge < -0.3 is 15.5 Å². The third-order valence-electron chi connectivity index (χ3n) is 2.88. The summed E-state index contributed by atoms with van der Waals surface area (Å²) in [7, 11) is 0. The Kier molecular flexibility index (Phi) is 2.83. The van der Waals surface area contributed by atoms with Crippen LogP contribution >= 0.6 is 0 Å². The van der Waals surface area contributed by atoms with E-state index in [0.717, 1.165) is 5.69 Å². The number of aromatic amines is 1. The number of hydrogen-bond acceptors (Lipinski definition) is 5. The number of nitrogens with two attached hydrogens (primary N) is 1. The molecular formula is C14H12N4O2. The molecule has 6 nitrogen and oxygen atoms in total. The number of benzene rings is 1. The highest BCUT2D eigenvalue weighted by molar-refractivity contribution is 5.84. The zero-order valence-electron chi connectivity index (χ0n) is 10.8. The van der Waals surface area contributed by atoms with Crippen LogP contribution in [0.25, 0.3) is 10.9 Å². The summed E-state index contributed by atoms with van der Waals surface area (Å²) in [6, 6.07) is 6.84. The van der Waals surface area contributed by atoms with Crippen molar-refractivity contribution in [3.05, 3.63) is 52.8 Å². The predicted octanol–water partition coefficient (Wildman–Crippen LogP) is 2.00. The van der Waals surface area contributed by atoms with Gasteiger partial charge in [0.1, 0.15) is 5.75 Å². The first-order valence-corrected chi connectivity index (χ1v) is 6.01. The first-order valence-electron chi connectivity index (χ1n) is 6.01. The quantitative estimate of drug-likeness (QED) is 0.693. The molecule has 0 spiro atoms. The van der Waals surface area contributed by atoms with Crippen molar-refractivity contribution in [2.75, 3.05) is 5.73 Å². The smallest absolute Gasteiger partial charge is 0.258 e. The number of nitrogen functional groups attached to an aromatic ring is 1. The lowest BCUT2D eigenvalue weighted by Crippen LogP contribution is -2.07. The lowest BCUT2D eigenvalue weighted by atomic mass is 10.2. The van der Waals surface area contributed by atoms with Crippen LogP contribution in [0, 0.1) is 6.92 Å². The van der Waals surface area contributed by atoms with Gasteiger partial charge in [-0.15, -0.1) is 0 Å². The van der Waals surface area contributed by atoms with E-state index in [9.17, 15) is 4.79 Å². The molecule has 0 aliphatic carbocycles. The zero-order chi connectivity index (χ0) is 14.1. The van der Waals surface area contributed by atoms with Gasteiger partial charge in [-0.3, -0.25) is 9.78 Å². The van der Waals surface area contributed by atoms with E-state index >= 15 is 0 Å². The minimum Gasteiger partial charge on any atom is -0.453 e. The molecule has 100 valence electrons. The molecule has 1 aromatic carbocycles. The molecule has 0 unspecified atom stereocenters. The molecule has 2 aromatic heterocycles. The summed E-state index contributed by atoms with van der Waals surface area (Å²) in [6.07, 6.45) is 2.96. The van der Waals surface area contributed by atoms with Gasteiger partial charge in [-0.1, -0.05) is 0 Å². The molecule has 0 fully saturated rings. The fourth-order valence-corrected chi connectivity index (χ4v) is 1.84. The van der Waals surface area contributed by atoms with Crippen molar-refractivity contribution < 1.29 is 4.74 Å². The predicted molar refractivity (Wildman–Crippen MR) is 75.8 cm³/mol. The SMILES string of the molecule is Cc1ccc(Oc2cc3nc[nH]c(=O)c3cc2N)cn1. The maximum atomic E-state index is 11.6. The number of nitrogens with zero attached hydrogens (tertiary/aromatic N) is 2. The van der Waals surface area contributed by atoms with Crippen LogP contribution in [0.4, 0.5) is 5.69 Å². The number of pyridine rings is 1. The van der Waals surface area contributed by atoms with Gasteiger partial charge in [-0.2, -0.15) is 0 Å². The highest BCUT2D eigenvalue weighted by Crippen LogP contribution is 2.29. The number of fused-ring (bicyclic) bond motifs is 1. The third kappa shape index (κ3) is 2.18. The molecule has 0 bridgehead atoms. The molecule has 3 rings (SSSR count). The van der Waals surface area contributed by atoms with Crippen LogP contribution in [0.15, 0.2) is 41.6 Å². The lowest BCUT2D eigenvalue weighted by molar-refractivity contribution is 0.483. The fraction of sp³-hybridized carbons (Fsp3) is 0.0714. The maximum Gasteiger partial charge on any atom is 0.258 e. The van der Waals surface area contributed by atoms with Gasteiger partial charge in [-0.25, -0.2) is 4.98 Å². The molecule has 20 heavy (non-hydrogen) atoms. The standard InChI is InChI=1S/C14H12N4O2/c1-8-2-3-9(6-16-8)20-13-5-12-10(4-11(13)15)14(19)18-7-17-12/h2-7H,15H2,1H3,(H,17,18,19). The van der Waals surface area contributed by atoms with Gasteiger partial charge >= 0.3 is 0 Å². The van der Waals surface area contributed by atoms with E-state index in [-0.39, 0.29) is 5.56 Å². The monoisotopic (exact) mass is 268 g/mol. The van der Waals surface area contributed by atoms with Crippen LogP contribution in [0.1, 0.15) is 5.69 Å². The molecule has 3 N–H and O–H groups in total.